The molecule has 1 N–H and O–H groups in total. The monoisotopic (exact) mass is 380 g/mol. The Morgan fingerprint density at radius 1 is 1.18 bits per heavy atom. The maximum atomic E-state index is 12.5. The summed E-state index contributed by atoms with van der Waals surface area (Å²) in [5, 5.41) is 8.31. The van der Waals surface area contributed by atoms with Gasteiger partial charge in [-0.1, -0.05) is 36.4 Å². The summed E-state index contributed by atoms with van der Waals surface area (Å²) in [7, 11) is 5.51. The zero-order valence-electron chi connectivity index (χ0n) is 16.3. The van der Waals surface area contributed by atoms with Crippen LogP contribution in [0.1, 0.15) is 11.6 Å². The molecule has 146 valence electrons. The van der Waals surface area contributed by atoms with E-state index in [-0.39, 0.29) is 24.1 Å². The minimum Gasteiger partial charge on any atom is -0.496 e. The Labute approximate surface area is 163 Å². The Hall–Kier alpha value is -3.19. The lowest BCUT2D eigenvalue weighted by Gasteiger charge is -2.26. The van der Waals surface area contributed by atoms with Crippen molar-refractivity contribution in [1.29, 1.82) is 0 Å². The molecule has 2 aromatic carbocycles. The van der Waals surface area contributed by atoms with E-state index in [0.717, 1.165) is 16.7 Å². The number of methoxy groups -OCH3 is 1. The molecule has 0 aliphatic carbocycles. The van der Waals surface area contributed by atoms with Crippen molar-refractivity contribution in [3.63, 3.8) is 0 Å². The number of aromatic nitrogens is 2. The van der Waals surface area contributed by atoms with Gasteiger partial charge in [0.1, 0.15) is 12.3 Å². The van der Waals surface area contributed by atoms with Crippen LogP contribution in [0.2, 0.25) is 0 Å². The summed E-state index contributed by atoms with van der Waals surface area (Å²) in [5.74, 6) is 0.495. The van der Waals surface area contributed by atoms with E-state index in [9.17, 15) is 9.59 Å². The van der Waals surface area contributed by atoms with Crippen LogP contribution in [-0.2, 0) is 11.3 Å². The molecule has 7 nitrogen and oxygen atoms in total. The zero-order valence-corrected chi connectivity index (χ0v) is 16.3. The number of para-hydroxylation sites is 1. The molecule has 1 heterocycles. The molecule has 0 radical (unpaired) electrons. The van der Waals surface area contributed by atoms with Crippen molar-refractivity contribution in [3.05, 3.63) is 70.6 Å². The number of likely N-dealkylation sites (N-methyl/N-ethyl adjacent to an activating group) is 1. The molecule has 0 bridgehead atoms. The highest BCUT2D eigenvalue weighted by Crippen LogP contribution is 2.27. The molecule has 0 aliphatic rings. The number of carbonyl (C=O) groups excluding carboxylic acids is 1. The molecule has 3 aromatic rings. The second-order valence-corrected chi connectivity index (χ2v) is 6.72. The maximum absolute atomic E-state index is 12.5. The van der Waals surface area contributed by atoms with Crippen LogP contribution in [-0.4, -0.2) is 48.3 Å². The fraction of sp³-hybridized carbons (Fsp3) is 0.286. The van der Waals surface area contributed by atoms with Gasteiger partial charge < -0.3 is 15.0 Å². The van der Waals surface area contributed by atoms with E-state index in [1.807, 2.05) is 55.4 Å². The Morgan fingerprint density at radius 3 is 2.64 bits per heavy atom. The van der Waals surface area contributed by atoms with Crippen molar-refractivity contribution in [3.8, 4) is 5.75 Å². The number of hydrogen-bond acceptors (Lipinski definition) is 5. The van der Waals surface area contributed by atoms with Crippen LogP contribution in [0.4, 0.5) is 0 Å². The fourth-order valence-corrected chi connectivity index (χ4v) is 3.16. The minimum atomic E-state index is -0.276. The van der Waals surface area contributed by atoms with Gasteiger partial charge in [-0.25, -0.2) is 4.68 Å². The normalized spacial score (nSPS) is 12.1. The first-order valence-electron chi connectivity index (χ1n) is 9.02. The van der Waals surface area contributed by atoms with Crippen molar-refractivity contribution >= 4 is 16.7 Å². The van der Waals surface area contributed by atoms with E-state index in [1.165, 1.54) is 4.68 Å². The fourth-order valence-electron chi connectivity index (χ4n) is 3.16. The summed E-state index contributed by atoms with van der Waals surface area (Å²) in [5.41, 5.74) is 0.707. The van der Waals surface area contributed by atoms with Crippen molar-refractivity contribution in [2.24, 2.45) is 0 Å². The number of carbonyl (C=O) groups is 1. The number of fused-ring (bicyclic) bond motifs is 1. The van der Waals surface area contributed by atoms with Crippen LogP contribution in [0.5, 0.6) is 5.75 Å². The minimum absolute atomic E-state index is 0.0682. The van der Waals surface area contributed by atoms with Crippen LogP contribution < -0.4 is 15.6 Å². The van der Waals surface area contributed by atoms with E-state index < -0.39 is 0 Å². The van der Waals surface area contributed by atoms with Crippen LogP contribution in [0.3, 0.4) is 0 Å². The molecule has 0 unspecified atom stereocenters. The number of rotatable bonds is 7. The van der Waals surface area contributed by atoms with E-state index in [2.05, 4.69) is 10.4 Å². The van der Waals surface area contributed by atoms with E-state index in [0.29, 0.717) is 11.9 Å². The van der Waals surface area contributed by atoms with Gasteiger partial charge in [-0.3, -0.25) is 9.59 Å². The predicted octanol–water partition coefficient (Wildman–Crippen LogP) is 1.82. The number of ether oxygens (including phenoxy) is 1. The summed E-state index contributed by atoms with van der Waals surface area (Å²) in [6, 6.07) is 14.8. The van der Waals surface area contributed by atoms with Gasteiger partial charge in [0.2, 0.25) is 5.91 Å². The topological polar surface area (TPSA) is 76.5 Å². The average molecular weight is 380 g/mol. The Kier molecular flexibility index (Phi) is 6.06. The number of hydrogen-bond donors (Lipinski definition) is 1. The molecular weight excluding hydrogens is 356 g/mol. The quantitative estimate of drug-likeness (QED) is 0.677. The molecule has 1 amide bonds. The van der Waals surface area contributed by atoms with Crippen molar-refractivity contribution in [2.45, 2.75) is 12.6 Å². The lowest BCUT2D eigenvalue weighted by atomic mass is 10.0. The van der Waals surface area contributed by atoms with E-state index >= 15 is 0 Å². The van der Waals surface area contributed by atoms with Gasteiger partial charge >= 0.3 is 0 Å². The van der Waals surface area contributed by atoms with Gasteiger partial charge in [0.25, 0.3) is 5.56 Å². The number of nitrogens with one attached hydrogen (secondary N) is 1. The molecule has 0 saturated heterocycles. The highest BCUT2D eigenvalue weighted by atomic mass is 16.5. The van der Waals surface area contributed by atoms with E-state index in [1.54, 1.807) is 25.4 Å². The highest BCUT2D eigenvalue weighted by Gasteiger charge is 2.19. The van der Waals surface area contributed by atoms with Crippen molar-refractivity contribution in [2.75, 3.05) is 27.7 Å². The van der Waals surface area contributed by atoms with Gasteiger partial charge in [-0.2, -0.15) is 5.10 Å². The summed E-state index contributed by atoms with van der Waals surface area (Å²) in [6.45, 7) is 0.254. The molecule has 1 aromatic heterocycles. The molecule has 0 saturated carbocycles. The highest BCUT2D eigenvalue weighted by molar-refractivity contribution is 5.81. The zero-order chi connectivity index (χ0) is 20.1. The Bertz CT molecular complexity index is 1030. The third-order valence-electron chi connectivity index (χ3n) is 4.67. The van der Waals surface area contributed by atoms with Gasteiger partial charge in [0.15, 0.2) is 0 Å². The lowest BCUT2D eigenvalue weighted by molar-refractivity contribution is -0.122. The molecular formula is C21H24N4O3. The Balaban J connectivity index is 1.72. The van der Waals surface area contributed by atoms with Crippen molar-refractivity contribution < 1.29 is 9.53 Å². The largest absolute Gasteiger partial charge is 0.496 e. The number of amides is 1. The van der Waals surface area contributed by atoms with Gasteiger partial charge in [0.05, 0.1) is 24.7 Å². The molecule has 0 aliphatic heterocycles. The molecule has 7 heteroatoms. The van der Waals surface area contributed by atoms with E-state index in [4.69, 9.17) is 4.74 Å². The summed E-state index contributed by atoms with van der Waals surface area (Å²) in [4.78, 5) is 27.0. The van der Waals surface area contributed by atoms with Crippen LogP contribution >= 0.6 is 0 Å². The standard InChI is InChI=1S/C21H24N4O3/c1-24(2)18(17-10-6-7-11-19(17)28-3)13-22-20(26)14-25-21(27)16-9-5-4-8-15(16)12-23-25/h4-12,18H,13-14H2,1-3H3,(H,22,26)/t18-/m0/s1. The third-order valence-corrected chi connectivity index (χ3v) is 4.67. The molecule has 28 heavy (non-hydrogen) atoms. The number of nitrogens with zero attached hydrogens (tertiary/aromatic N) is 3. The summed E-state index contributed by atoms with van der Waals surface area (Å²) in [6.07, 6.45) is 1.60. The van der Waals surface area contributed by atoms with Gasteiger partial charge in [0, 0.05) is 17.5 Å². The summed E-state index contributed by atoms with van der Waals surface area (Å²) < 4.78 is 6.63. The first kappa shape index (κ1) is 19.6. The second kappa shape index (κ2) is 8.67. The first-order valence-corrected chi connectivity index (χ1v) is 9.02. The second-order valence-electron chi connectivity index (χ2n) is 6.72. The maximum Gasteiger partial charge on any atom is 0.275 e. The SMILES string of the molecule is COc1ccccc1[C@H](CNC(=O)Cn1ncc2ccccc2c1=O)N(C)C. The summed E-state index contributed by atoms with van der Waals surface area (Å²) >= 11 is 0. The van der Waals surface area contributed by atoms with Crippen molar-refractivity contribution in [1.82, 2.24) is 20.0 Å². The molecule has 1 atom stereocenters. The average Bonchev–Trinajstić information content (AvgIpc) is 2.70. The number of benzene rings is 2. The van der Waals surface area contributed by atoms with Crippen LogP contribution in [0.15, 0.2) is 59.5 Å². The molecule has 0 fully saturated rings. The lowest BCUT2D eigenvalue weighted by Crippen LogP contribution is -2.38. The third kappa shape index (κ3) is 4.20. The predicted molar refractivity (Wildman–Crippen MR) is 108 cm³/mol. The first-order chi connectivity index (χ1) is 13.5. The molecule has 3 rings (SSSR count). The van der Waals surface area contributed by atoms with Crippen LogP contribution in [0.25, 0.3) is 10.8 Å². The smallest absolute Gasteiger partial charge is 0.275 e. The van der Waals surface area contributed by atoms with Crippen LogP contribution in [0, 0.1) is 0 Å². The van der Waals surface area contributed by atoms with Gasteiger partial charge in [-0.15, -0.1) is 0 Å². The Morgan fingerprint density at radius 2 is 1.89 bits per heavy atom. The molecule has 0 spiro atoms. The van der Waals surface area contributed by atoms with Gasteiger partial charge in [-0.05, 0) is 26.2 Å².